The normalized spacial score (nSPS) is 12.2. The predicted molar refractivity (Wildman–Crippen MR) is 151 cm³/mol. The second kappa shape index (κ2) is 29.7. The molecule has 0 saturated heterocycles. The molecule has 0 saturated carbocycles. The second-order valence-corrected chi connectivity index (χ2v) is 10.9. The third kappa shape index (κ3) is 29.5. The summed E-state index contributed by atoms with van der Waals surface area (Å²) in [5.41, 5.74) is 0. The van der Waals surface area contributed by atoms with E-state index in [4.69, 9.17) is 4.74 Å². The van der Waals surface area contributed by atoms with E-state index in [9.17, 15) is 9.90 Å². The number of hydrogen-bond donors (Lipinski definition) is 0. The van der Waals surface area contributed by atoms with Crippen molar-refractivity contribution in [1.29, 1.82) is 0 Å². The van der Waals surface area contributed by atoms with Gasteiger partial charge < -0.3 is 4.74 Å². The van der Waals surface area contributed by atoms with Crippen LogP contribution in [-0.2, 0) is 14.6 Å². The monoisotopic (exact) mass is 495 g/mol. The molecule has 0 aliphatic carbocycles. The number of unbranched alkanes of at least 4 members (excludes halogenated alkanes) is 24. The van der Waals surface area contributed by atoms with E-state index in [1.165, 1.54) is 141 Å². The van der Waals surface area contributed by atoms with Crippen LogP contribution in [0, 0.1) is 0 Å². The third-order valence-corrected chi connectivity index (χ3v) is 7.29. The first-order chi connectivity index (χ1) is 17.2. The third-order valence-electron chi connectivity index (χ3n) is 7.29. The van der Waals surface area contributed by atoms with Gasteiger partial charge in [0.25, 0.3) is 0 Å². The van der Waals surface area contributed by atoms with Gasteiger partial charge in [0, 0.05) is 12.8 Å². The van der Waals surface area contributed by atoms with Crippen molar-refractivity contribution in [3.63, 3.8) is 0 Å². The van der Waals surface area contributed by atoms with Crippen molar-refractivity contribution in [3.8, 4) is 0 Å². The zero-order valence-corrected chi connectivity index (χ0v) is 24.1. The molecule has 1 atom stereocenters. The molecule has 0 fully saturated rings. The molecule has 0 aromatic heterocycles. The Morgan fingerprint density at radius 3 is 1.09 bits per heavy atom. The van der Waals surface area contributed by atoms with Gasteiger partial charge in [0.1, 0.15) is 0 Å². The van der Waals surface area contributed by atoms with Crippen LogP contribution in [0.2, 0.25) is 0 Å². The molecule has 1 unspecified atom stereocenters. The van der Waals surface area contributed by atoms with Crippen LogP contribution in [0.5, 0.6) is 0 Å². The minimum absolute atomic E-state index is 0.289. The first-order valence-corrected chi connectivity index (χ1v) is 16.1. The fourth-order valence-corrected chi connectivity index (χ4v) is 4.88. The molecular formula is C32H63O3. The van der Waals surface area contributed by atoms with Crippen LogP contribution in [-0.4, -0.2) is 12.3 Å². The zero-order chi connectivity index (χ0) is 25.7. The highest BCUT2D eigenvalue weighted by molar-refractivity contribution is 5.69. The van der Waals surface area contributed by atoms with Crippen molar-refractivity contribution >= 4 is 5.97 Å². The summed E-state index contributed by atoms with van der Waals surface area (Å²) in [4.78, 5) is 11.9. The molecule has 0 aliphatic rings. The van der Waals surface area contributed by atoms with Gasteiger partial charge in [-0.15, -0.1) is 0 Å². The quantitative estimate of drug-likeness (QED) is 0.0588. The first-order valence-electron chi connectivity index (χ1n) is 16.1. The molecule has 1 radical (unpaired) electrons. The number of carbonyl (C=O) groups excluding carboxylic acids is 1. The lowest BCUT2D eigenvalue weighted by atomic mass is 10.0. The Bertz CT molecular complexity index is 410. The molecule has 3 heteroatoms. The van der Waals surface area contributed by atoms with Crippen LogP contribution in [0.3, 0.4) is 0 Å². The van der Waals surface area contributed by atoms with Gasteiger partial charge in [-0.3, -0.25) is 4.79 Å². The summed E-state index contributed by atoms with van der Waals surface area (Å²) in [7, 11) is 0. The van der Waals surface area contributed by atoms with Crippen LogP contribution < -0.4 is 0 Å². The van der Waals surface area contributed by atoms with E-state index in [-0.39, 0.29) is 5.97 Å². The number of esters is 1. The standard InChI is InChI=1S/C32H63O3/c1-3-5-7-9-11-13-15-17-19-21-23-25-27-29-31(33)35-32(34)30-28-26-24-22-20-18-16-14-12-10-8-6-4-2/h31H,3-30H2,1-2H3. The summed E-state index contributed by atoms with van der Waals surface area (Å²) in [5, 5.41) is 11.9. The lowest BCUT2D eigenvalue weighted by Crippen LogP contribution is -2.16. The van der Waals surface area contributed by atoms with Gasteiger partial charge in [-0.2, -0.15) is 5.11 Å². The average Bonchev–Trinajstić information content (AvgIpc) is 2.85. The minimum Gasteiger partial charge on any atom is -0.433 e. The Morgan fingerprint density at radius 1 is 0.457 bits per heavy atom. The van der Waals surface area contributed by atoms with Gasteiger partial charge in [-0.25, -0.2) is 0 Å². The molecule has 0 aliphatic heterocycles. The van der Waals surface area contributed by atoms with Crippen LogP contribution in [0.15, 0.2) is 0 Å². The highest BCUT2D eigenvalue weighted by atomic mass is 16.6. The molecule has 0 heterocycles. The van der Waals surface area contributed by atoms with Crippen LogP contribution in [0.1, 0.15) is 194 Å². The van der Waals surface area contributed by atoms with Crippen LogP contribution in [0.25, 0.3) is 0 Å². The van der Waals surface area contributed by atoms with E-state index in [2.05, 4.69) is 13.8 Å². The highest BCUT2D eigenvalue weighted by Crippen LogP contribution is 2.15. The SMILES string of the molecule is CCCCCCCCCCCCCCCC(=O)OC([O])CCCCCCCCCCCCCCC. The molecular weight excluding hydrogens is 432 g/mol. The Labute approximate surface area is 220 Å². The number of hydrogen-bond acceptors (Lipinski definition) is 2. The zero-order valence-electron chi connectivity index (χ0n) is 24.1. The van der Waals surface area contributed by atoms with Gasteiger partial charge >= 0.3 is 5.97 Å². The smallest absolute Gasteiger partial charge is 0.308 e. The molecule has 209 valence electrons. The lowest BCUT2D eigenvalue weighted by molar-refractivity contribution is -0.180. The van der Waals surface area contributed by atoms with E-state index in [0.717, 1.165) is 25.7 Å². The van der Waals surface area contributed by atoms with E-state index >= 15 is 0 Å². The molecule has 35 heavy (non-hydrogen) atoms. The van der Waals surface area contributed by atoms with E-state index in [1.54, 1.807) is 0 Å². The largest absolute Gasteiger partial charge is 0.433 e. The van der Waals surface area contributed by atoms with Gasteiger partial charge in [0.05, 0.1) is 0 Å². The number of rotatable bonds is 29. The maximum Gasteiger partial charge on any atom is 0.308 e. The average molecular weight is 496 g/mol. The van der Waals surface area contributed by atoms with Gasteiger partial charge in [-0.05, 0) is 12.8 Å². The van der Waals surface area contributed by atoms with Crippen molar-refractivity contribution in [2.24, 2.45) is 0 Å². The fraction of sp³-hybridized carbons (Fsp3) is 0.969. The molecule has 0 aromatic rings. The fourth-order valence-electron chi connectivity index (χ4n) is 4.88. The summed E-state index contributed by atoms with van der Waals surface area (Å²) < 4.78 is 5.07. The van der Waals surface area contributed by atoms with Gasteiger partial charge in [0.2, 0.25) is 6.29 Å². The molecule has 0 N–H and O–H groups in total. The second-order valence-electron chi connectivity index (χ2n) is 10.9. The van der Waals surface area contributed by atoms with Crippen LogP contribution >= 0.6 is 0 Å². The van der Waals surface area contributed by atoms with E-state index in [1.807, 2.05) is 0 Å². The first kappa shape index (κ1) is 34.4. The summed E-state index contributed by atoms with van der Waals surface area (Å²) >= 11 is 0. The van der Waals surface area contributed by atoms with Crippen molar-refractivity contribution in [3.05, 3.63) is 0 Å². The summed E-state index contributed by atoms with van der Waals surface area (Å²) in [6, 6.07) is 0. The van der Waals surface area contributed by atoms with Crippen molar-refractivity contribution in [2.45, 2.75) is 200 Å². The Balaban J connectivity index is 3.28. The molecule has 3 nitrogen and oxygen atoms in total. The summed E-state index contributed by atoms with van der Waals surface area (Å²) in [6.45, 7) is 4.54. The van der Waals surface area contributed by atoms with Crippen molar-refractivity contribution in [2.75, 3.05) is 0 Å². The van der Waals surface area contributed by atoms with Crippen molar-refractivity contribution < 1.29 is 14.6 Å². The Hall–Kier alpha value is -0.570. The highest BCUT2D eigenvalue weighted by Gasteiger charge is 2.12. The molecule has 0 spiro atoms. The summed E-state index contributed by atoms with van der Waals surface area (Å²) in [6.07, 6.45) is 33.4. The molecule has 0 aromatic carbocycles. The van der Waals surface area contributed by atoms with E-state index < -0.39 is 6.29 Å². The number of carbonyl (C=O) groups is 1. The van der Waals surface area contributed by atoms with E-state index in [0.29, 0.717) is 12.8 Å². The molecule has 0 bridgehead atoms. The topological polar surface area (TPSA) is 46.2 Å². The lowest BCUT2D eigenvalue weighted by Gasteiger charge is -2.10. The molecule has 0 amide bonds. The maximum absolute atomic E-state index is 11.9. The van der Waals surface area contributed by atoms with Crippen molar-refractivity contribution in [1.82, 2.24) is 0 Å². The Morgan fingerprint density at radius 2 is 0.743 bits per heavy atom. The van der Waals surface area contributed by atoms with Gasteiger partial charge in [-0.1, -0.05) is 168 Å². The minimum atomic E-state index is -1.16. The Kier molecular flexibility index (Phi) is 29.2. The predicted octanol–water partition coefficient (Wildman–Crippen LogP) is 11.2. The molecule has 0 rings (SSSR count). The van der Waals surface area contributed by atoms with Gasteiger partial charge in [0.15, 0.2) is 0 Å². The maximum atomic E-state index is 11.9. The summed E-state index contributed by atoms with van der Waals surface area (Å²) in [5.74, 6) is -0.289. The number of ether oxygens (including phenoxy) is 1. The van der Waals surface area contributed by atoms with Crippen LogP contribution in [0.4, 0.5) is 0 Å².